The molecule has 0 N–H and O–H groups in total. The van der Waals surface area contributed by atoms with Gasteiger partial charge in [-0.1, -0.05) is 0 Å². The second kappa shape index (κ2) is 4.85. The molecule has 0 bridgehead atoms. The van der Waals surface area contributed by atoms with Crippen molar-refractivity contribution >= 4 is 29.3 Å². The molecule has 11 heavy (non-hydrogen) atoms. The minimum Gasteiger partial charge on any atom is -0.434 e. The summed E-state index contributed by atoms with van der Waals surface area (Å²) in [6.07, 6.45) is -0.389. The first kappa shape index (κ1) is 9.16. The summed E-state index contributed by atoms with van der Waals surface area (Å²) in [5.74, 6) is 1.15. The minimum atomic E-state index is -0.417. The van der Waals surface area contributed by atoms with Gasteiger partial charge in [0.2, 0.25) is 6.29 Å². The maximum Gasteiger partial charge on any atom is 0.323 e. The van der Waals surface area contributed by atoms with Crippen LogP contribution in [0.15, 0.2) is 0 Å². The molecule has 0 amide bonds. The Morgan fingerprint density at radius 1 is 1.82 bits per heavy atom. The molecule has 1 aliphatic heterocycles. The third-order valence-electron chi connectivity index (χ3n) is 1.16. The van der Waals surface area contributed by atoms with Crippen molar-refractivity contribution in [3.05, 3.63) is 0 Å². The van der Waals surface area contributed by atoms with Gasteiger partial charge >= 0.3 is 5.97 Å². The number of hydrogen-bond donors (Lipinski definition) is 0. The van der Waals surface area contributed by atoms with Gasteiger partial charge in [-0.15, -0.1) is 11.6 Å². The number of thioether (sulfide) groups is 1. The zero-order valence-corrected chi connectivity index (χ0v) is 7.49. The van der Waals surface area contributed by atoms with Crippen LogP contribution in [0, 0.1) is 0 Å². The lowest BCUT2D eigenvalue weighted by Gasteiger charge is -2.21. The van der Waals surface area contributed by atoms with Gasteiger partial charge in [-0.3, -0.25) is 4.79 Å². The third-order valence-corrected chi connectivity index (χ3v) is 2.34. The number of halogens is 1. The summed E-state index contributed by atoms with van der Waals surface area (Å²) in [6.45, 7) is 0.644. The van der Waals surface area contributed by atoms with E-state index in [0.717, 1.165) is 5.75 Å². The molecule has 0 radical (unpaired) electrons. The van der Waals surface area contributed by atoms with Crippen molar-refractivity contribution in [2.45, 2.75) is 6.29 Å². The van der Waals surface area contributed by atoms with Gasteiger partial charge in [0, 0.05) is 5.75 Å². The van der Waals surface area contributed by atoms with E-state index in [-0.39, 0.29) is 12.2 Å². The van der Waals surface area contributed by atoms with E-state index in [0.29, 0.717) is 12.4 Å². The van der Waals surface area contributed by atoms with Crippen LogP contribution in [0.25, 0.3) is 0 Å². The van der Waals surface area contributed by atoms with E-state index in [1.165, 1.54) is 0 Å². The molecule has 0 aliphatic carbocycles. The van der Waals surface area contributed by atoms with E-state index in [2.05, 4.69) is 0 Å². The number of ether oxygens (including phenoxy) is 2. The minimum absolute atomic E-state index is 0.107. The monoisotopic (exact) mass is 196 g/mol. The topological polar surface area (TPSA) is 35.5 Å². The standard InChI is InChI=1S/C6H9ClO3S/c7-3-5(8)10-6-4-11-2-1-9-6/h6H,1-4H2. The summed E-state index contributed by atoms with van der Waals surface area (Å²) in [5, 5.41) is 0. The number of carbonyl (C=O) groups excluding carboxylic acids is 1. The van der Waals surface area contributed by atoms with Gasteiger partial charge < -0.3 is 9.47 Å². The number of alkyl halides is 1. The van der Waals surface area contributed by atoms with Crippen LogP contribution in [0.3, 0.4) is 0 Å². The van der Waals surface area contributed by atoms with Gasteiger partial charge in [0.1, 0.15) is 5.88 Å². The van der Waals surface area contributed by atoms with Gasteiger partial charge in [0.25, 0.3) is 0 Å². The summed E-state index contributed by atoms with van der Waals surface area (Å²) < 4.78 is 9.95. The zero-order chi connectivity index (χ0) is 8.10. The van der Waals surface area contributed by atoms with Crippen molar-refractivity contribution in [3.63, 3.8) is 0 Å². The molecule has 5 heteroatoms. The Balaban J connectivity index is 2.19. The lowest BCUT2D eigenvalue weighted by Crippen LogP contribution is -2.28. The molecule has 64 valence electrons. The van der Waals surface area contributed by atoms with Crippen LogP contribution >= 0.6 is 23.4 Å². The Labute approximate surface area is 74.4 Å². The van der Waals surface area contributed by atoms with Gasteiger partial charge in [0.15, 0.2) is 0 Å². The highest BCUT2D eigenvalue weighted by Crippen LogP contribution is 2.13. The highest BCUT2D eigenvalue weighted by atomic mass is 35.5. The fraction of sp³-hybridized carbons (Fsp3) is 0.833. The van der Waals surface area contributed by atoms with Crippen molar-refractivity contribution < 1.29 is 14.3 Å². The molecule has 0 saturated carbocycles. The van der Waals surface area contributed by atoms with Crippen LogP contribution < -0.4 is 0 Å². The summed E-state index contributed by atoms with van der Waals surface area (Å²) in [6, 6.07) is 0. The zero-order valence-electron chi connectivity index (χ0n) is 5.92. The van der Waals surface area contributed by atoms with Crippen LogP contribution in [0.2, 0.25) is 0 Å². The van der Waals surface area contributed by atoms with Crippen LogP contribution in [-0.4, -0.2) is 36.3 Å². The molecule has 1 unspecified atom stereocenters. The maximum absolute atomic E-state index is 10.6. The first-order valence-electron chi connectivity index (χ1n) is 3.27. The molecule has 1 fully saturated rings. The Morgan fingerprint density at radius 2 is 2.64 bits per heavy atom. The van der Waals surface area contributed by atoms with Crippen LogP contribution in [0.1, 0.15) is 0 Å². The van der Waals surface area contributed by atoms with Crippen LogP contribution in [-0.2, 0) is 14.3 Å². The molecular formula is C6H9ClO3S. The van der Waals surface area contributed by atoms with Crippen molar-refractivity contribution in [1.82, 2.24) is 0 Å². The van der Waals surface area contributed by atoms with Crippen LogP contribution in [0.5, 0.6) is 0 Å². The molecule has 1 aliphatic rings. The van der Waals surface area contributed by atoms with E-state index in [9.17, 15) is 4.79 Å². The van der Waals surface area contributed by atoms with E-state index in [1.807, 2.05) is 0 Å². The third kappa shape index (κ3) is 3.31. The second-order valence-electron chi connectivity index (χ2n) is 2.00. The van der Waals surface area contributed by atoms with E-state index in [4.69, 9.17) is 21.1 Å². The highest BCUT2D eigenvalue weighted by Gasteiger charge is 2.17. The molecule has 0 aromatic rings. The number of hydrogen-bond acceptors (Lipinski definition) is 4. The molecule has 1 heterocycles. The largest absolute Gasteiger partial charge is 0.434 e. The lowest BCUT2D eigenvalue weighted by molar-refractivity contribution is -0.170. The van der Waals surface area contributed by atoms with Gasteiger partial charge in [-0.25, -0.2) is 0 Å². The average Bonchev–Trinajstić information content (AvgIpc) is 2.06. The molecular weight excluding hydrogens is 188 g/mol. The molecule has 0 spiro atoms. The van der Waals surface area contributed by atoms with Crippen molar-refractivity contribution in [1.29, 1.82) is 0 Å². The first-order chi connectivity index (χ1) is 5.33. The smallest absolute Gasteiger partial charge is 0.323 e. The van der Waals surface area contributed by atoms with E-state index < -0.39 is 5.97 Å². The summed E-state index contributed by atoms with van der Waals surface area (Å²) in [7, 11) is 0. The van der Waals surface area contributed by atoms with E-state index in [1.54, 1.807) is 11.8 Å². The van der Waals surface area contributed by atoms with Crippen molar-refractivity contribution in [3.8, 4) is 0 Å². The molecule has 1 rings (SSSR count). The summed E-state index contributed by atoms with van der Waals surface area (Å²) in [4.78, 5) is 10.6. The number of carbonyl (C=O) groups is 1. The van der Waals surface area contributed by atoms with E-state index >= 15 is 0 Å². The van der Waals surface area contributed by atoms with Gasteiger partial charge in [0.05, 0.1) is 12.4 Å². The molecule has 0 aromatic heterocycles. The van der Waals surface area contributed by atoms with Gasteiger partial charge in [-0.05, 0) is 0 Å². The summed E-state index contributed by atoms with van der Waals surface area (Å²) in [5.41, 5.74) is 0. The molecule has 1 atom stereocenters. The normalized spacial score (nSPS) is 24.6. The quantitative estimate of drug-likeness (QED) is 0.485. The first-order valence-corrected chi connectivity index (χ1v) is 4.96. The van der Waals surface area contributed by atoms with Gasteiger partial charge in [-0.2, -0.15) is 11.8 Å². The summed E-state index contributed by atoms with van der Waals surface area (Å²) >= 11 is 6.94. The number of esters is 1. The SMILES string of the molecule is O=C(CCl)OC1CSCCO1. The Hall–Kier alpha value is 0.0700. The number of rotatable bonds is 2. The Morgan fingerprint density at radius 3 is 3.18 bits per heavy atom. The highest BCUT2D eigenvalue weighted by molar-refractivity contribution is 7.99. The molecule has 1 saturated heterocycles. The van der Waals surface area contributed by atoms with Crippen molar-refractivity contribution in [2.24, 2.45) is 0 Å². The fourth-order valence-corrected chi connectivity index (χ4v) is 1.51. The molecule has 0 aromatic carbocycles. The average molecular weight is 197 g/mol. The van der Waals surface area contributed by atoms with Crippen molar-refractivity contribution in [2.75, 3.05) is 24.0 Å². The lowest BCUT2D eigenvalue weighted by atomic mass is 10.7. The predicted octanol–water partition coefficient (Wildman–Crippen LogP) is 0.858. The molecule has 3 nitrogen and oxygen atoms in total. The predicted molar refractivity (Wildman–Crippen MR) is 43.9 cm³/mol. The maximum atomic E-state index is 10.6. The Bertz CT molecular complexity index is 136. The Kier molecular flexibility index (Phi) is 4.04. The fourth-order valence-electron chi connectivity index (χ4n) is 0.712. The van der Waals surface area contributed by atoms with Crippen LogP contribution in [0.4, 0.5) is 0 Å². The second-order valence-corrected chi connectivity index (χ2v) is 3.42.